The van der Waals surface area contributed by atoms with Gasteiger partial charge in [0.1, 0.15) is 18.4 Å². The number of hydrogen-bond acceptors (Lipinski definition) is 7. The molecule has 0 fully saturated rings. The Kier molecular flexibility index (Phi) is 8.23. The molecule has 0 aliphatic rings. The van der Waals surface area contributed by atoms with E-state index in [2.05, 4.69) is 5.32 Å². The molecule has 162 valence electrons. The number of benzene rings is 2. The van der Waals surface area contributed by atoms with Gasteiger partial charge in [0.2, 0.25) is 0 Å². The van der Waals surface area contributed by atoms with Gasteiger partial charge in [0, 0.05) is 6.42 Å². The average molecular weight is 435 g/mol. The molecule has 2 rings (SSSR count). The number of carbonyl (C=O) groups excluding carboxylic acids is 2. The van der Waals surface area contributed by atoms with Crippen LogP contribution in [0.2, 0.25) is 0 Å². The van der Waals surface area contributed by atoms with Gasteiger partial charge >= 0.3 is 22.2 Å². The Morgan fingerprint density at radius 2 is 1.60 bits per heavy atom. The Bertz CT molecular complexity index is 941. The largest absolute Gasteiger partial charge is 0.461 e. The lowest BCUT2D eigenvalue weighted by atomic mass is 10.1. The lowest BCUT2D eigenvalue weighted by Gasteiger charge is -2.19. The second-order valence-corrected chi connectivity index (χ2v) is 8.45. The first-order valence-corrected chi connectivity index (χ1v) is 11.1. The zero-order valence-corrected chi connectivity index (χ0v) is 17.8. The van der Waals surface area contributed by atoms with E-state index in [0.717, 1.165) is 11.8 Å². The number of esters is 1. The van der Waals surface area contributed by atoms with Gasteiger partial charge in [-0.05, 0) is 37.1 Å². The van der Waals surface area contributed by atoms with Gasteiger partial charge in [0.15, 0.2) is 0 Å². The molecule has 0 radical (unpaired) electrons. The molecule has 0 aromatic heterocycles. The average Bonchev–Trinajstić information content (AvgIpc) is 2.66. The molecule has 1 atom stereocenters. The Labute approximate surface area is 176 Å². The summed E-state index contributed by atoms with van der Waals surface area (Å²) in [6.45, 7) is 3.48. The van der Waals surface area contributed by atoms with E-state index in [1.165, 1.54) is 12.1 Å². The minimum Gasteiger partial charge on any atom is -0.461 e. The van der Waals surface area contributed by atoms with Crippen molar-refractivity contribution in [3.8, 4) is 5.75 Å². The Morgan fingerprint density at radius 3 is 2.17 bits per heavy atom. The van der Waals surface area contributed by atoms with Crippen LogP contribution in [0.3, 0.4) is 0 Å². The number of ether oxygens (including phenoxy) is 2. The summed E-state index contributed by atoms with van der Waals surface area (Å²) >= 11 is 0. The van der Waals surface area contributed by atoms with Crippen LogP contribution in [0.5, 0.6) is 5.75 Å². The second-order valence-electron chi connectivity index (χ2n) is 6.88. The van der Waals surface area contributed by atoms with Gasteiger partial charge in [-0.25, -0.2) is 9.59 Å². The standard InChI is InChI=1S/C21H25NO7S/c1-15(2)28-20(23)19(22-21(24)27-14-17-7-5-4-6-8-17)13-16-9-11-18(12-10-16)29-30(3,25)26/h4-12,15,19H,13-14H2,1-3H3,(H,22,24)/t19-/m0/s1. The molecule has 1 amide bonds. The SMILES string of the molecule is CC(C)OC(=O)[C@H](Cc1ccc(OS(C)(=O)=O)cc1)NC(=O)OCc1ccccc1. The van der Waals surface area contributed by atoms with Gasteiger partial charge in [-0.3, -0.25) is 0 Å². The van der Waals surface area contributed by atoms with Crippen molar-refractivity contribution < 1.29 is 31.7 Å². The molecule has 1 N–H and O–H groups in total. The molecule has 0 unspecified atom stereocenters. The molecule has 0 aliphatic heterocycles. The third kappa shape index (κ3) is 8.52. The van der Waals surface area contributed by atoms with Crippen molar-refractivity contribution in [2.24, 2.45) is 0 Å². The second kappa shape index (κ2) is 10.6. The van der Waals surface area contributed by atoms with Crippen molar-refractivity contribution in [2.75, 3.05) is 6.26 Å². The summed E-state index contributed by atoms with van der Waals surface area (Å²) in [5.74, 6) is -0.448. The number of alkyl carbamates (subject to hydrolysis) is 1. The van der Waals surface area contributed by atoms with Crippen LogP contribution in [0.25, 0.3) is 0 Å². The lowest BCUT2D eigenvalue weighted by molar-refractivity contribution is -0.149. The molecule has 30 heavy (non-hydrogen) atoms. The van der Waals surface area contributed by atoms with E-state index < -0.39 is 28.2 Å². The van der Waals surface area contributed by atoms with Gasteiger partial charge in [0.05, 0.1) is 12.4 Å². The highest BCUT2D eigenvalue weighted by Crippen LogP contribution is 2.16. The Balaban J connectivity index is 2.03. The summed E-state index contributed by atoms with van der Waals surface area (Å²) in [6, 6.07) is 14.3. The van der Waals surface area contributed by atoms with E-state index in [0.29, 0.717) is 5.56 Å². The fourth-order valence-electron chi connectivity index (χ4n) is 2.51. The highest BCUT2D eigenvalue weighted by atomic mass is 32.2. The van der Waals surface area contributed by atoms with Crippen LogP contribution in [0.1, 0.15) is 25.0 Å². The van der Waals surface area contributed by atoms with Crippen LogP contribution in [-0.4, -0.2) is 38.9 Å². The van der Waals surface area contributed by atoms with Gasteiger partial charge < -0.3 is 19.0 Å². The fraction of sp³-hybridized carbons (Fsp3) is 0.333. The smallest absolute Gasteiger partial charge is 0.408 e. The molecule has 0 saturated carbocycles. The maximum atomic E-state index is 12.4. The summed E-state index contributed by atoms with van der Waals surface area (Å²) < 4.78 is 37.6. The van der Waals surface area contributed by atoms with Crippen LogP contribution >= 0.6 is 0 Å². The first-order valence-electron chi connectivity index (χ1n) is 9.28. The molecule has 0 saturated heterocycles. The molecule has 9 heteroatoms. The quantitative estimate of drug-likeness (QED) is 0.477. The third-order valence-electron chi connectivity index (χ3n) is 3.75. The van der Waals surface area contributed by atoms with E-state index in [-0.39, 0.29) is 24.9 Å². The van der Waals surface area contributed by atoms with Crippen LogP contribution in [0.15, 0.2) is 54.6 Å². The highest BCUT2D eigenvalue weighted by Gasteiger charge is 2.24. The minimum absolute atomic E-state index is 0.0656. The number of nitrogens with one attached hydrogen (secondary N) is 1. The molecule has 8 nitrogen and oxygen atoms in total. The summed E-state index contributed by atoms with van der Waals surface area (Å²) in [7, 11) is -3.63. The van der Waals surface area contributed by atoms with Crippen molar-refractivity contribution in [1.29, 1.82) is 0 Å². The number of hydrogen-bond donors (Lipinski definition) is 1. The third-order valence-corrected chi connectivity index (χ3v) is 4.25. The molecule has 0 heterocycles. The van der Waals surface area contributed by atoms with Crippen molar-refractivity contribution in [1.82, 2.24) is 5.32 Å². The first-order chi connectivity index (χ1) is 14.1. The molecule has 0 bridgehead atoms. The zero-order valence-electron chi connectivity index (χ0n) is 17.0. The topological polar surface area (TPSA) is 108 Å². The minimum atomic E-state index is -3.63. The first kappa shape index (κ1) is 23.2. The van der Waals surface area contributed by atoms with E-state index in [1.807, 2.05) is 30.3 Å². The van der Waals surface area contributed by atoms with Crippen LogP contribution in [0.4, 0.5) is 4.79 Å². The van der Waals surface area contributed by atoms with Gasteiger partial charge in [-0.1, -0.05) is 42.5 Å². The number of rotatable bonds is 9. The fourth-order valence-corrected chi connectivity index (χ4v) is 2.97. The van der Waals surface area contributed by atoms with E-state index in [4.69, 9.17) is 13.7 Å². The van der Waals surface area contributed by atoms with E-state index in [1.54, 1.807) is 26.0 Å². The summed E-state index contributed by atoms with van der Waals surface area (Å²) in [5, 5.41) is 2.53. The van der Waals surface area contributed by atoms with Crippen molar-refractivity contribution in [3.63, 3.8) is 0 Å². The van der Waals surface area contributed by atoms with Crippen LogP contribution < -0.4 is 9.50 Å². The van der Waals surface area contributed by atoms with E-state index >= 15 is 0 Å². The number of carbonyl (C=O) groups is 2. The van der Waals surface area contributed by atoms with Gasteiger partial charge in [0.25, 0.3) is 0 Å². The Hall–Kier alpha value is -3.07. The predicted molar refractivity (Wildman–Crippen MR) is 110 cm³/mol. The molecular formula is C21H25NO7S. The zero-order chi connectivity index (χ0) is 22.1. The summed E-state index contributed by atoms with van der Waals surface area (Å²) in [5.41, 5.74) is 1.49. The maximum Gasteiger partial charge on any atom is 0.408 e. The van der Waals surface area contributed by atoms with E-state index in [9.17, 15) is 18.0 Å². The van der Waals surface area contributed by atoms with Gasteiger partial charge in [-0.15, -0.1) is 0 Å². The van der Waals surface area contributed by atoms with Gasteiger partial charge in [-0.2, -0.15) is 8.42 Å². The van der Waals surface area contributed by atoms with Crippen molar-refractivity contribution in [2.45, 2.75) is 39.0 Å². The maximum absolute atomic E-state index is 12.4. The normalized spacial score (nSPS) is 12.1. The highest BCUT2D eigenvalue weighted by molar-refractivity contribution is 7.86. The van der Waals surface area contributed by atoms with Crippen molar-refractivity contribution >= 4 is 22.2 Å². The summed E-state index contributed by atoms with van der Waals surface area (Å²) in [6.07, 6.45) is -0.0242. The molecule has 0 spiro atoms. The summed E-state index contributed by atoms with van der Waals surface area (Å²) in [4.78, 5) is 24.6. The monoisotopic (exact) mass is 435 g/mol. The van der Waals surface area contributed by atoms with Crippen molar-refractivity contribution in [3.05, 3.63) is 65.7 Å². The Morgan fingerprint density at radius 1 is 0.967 bits per heavy atom. The number of amides is 1. The van der Waals surface area contributed by atoms with Crippen LogP contribution in [-0.2, 0) is 37.4 Å². The molecule has 2 aromatic rings. The van der Waals surface area contributed by atoms with Crippen LogP contribution in [0, 0.1) is 0 Å². The molecular weight excluding hydrogens is 410 g/mol. The lowest BCUT2D eigenvalue weighted by Crippen LogP contribution is -2.44. The molecule has 2 aromatic carbocycles. The molecule has 0 aliphatic carbocycles. The predicted octanol–water partition coefficient (Wildman–Crippen LogP) is 2.81.